The van der Waals surface area contributed by atoms with Crippen LogP contribution in [0.15, 0.2) is 12.1 Å². The topological polar surface area (TPSA) is 80.1 Å². The molecular weight excluding hydrogens is 244 g/mol. The molecular formula is C13H22N4O2. The van der Waals surface area contributed by atoms with Crippen molar-refractivity contribution < 1.29 is 4.92 Å². The maximum absolute atomic E-state index is 11.0. The molecule has 0 radical (unpaired) electrons. The van der Waals surface area contributed by atoms with Crippen molar-refractivity contribution in [2.75, 3.05) is 17.2 Å². The molecule has 2 N–H and O–H groups in total. The highest BCUT2D eigenvalue weighted by Crippen LogP contribution is 2.28. The lowest BCUT2D eigenvalue weighted by Crippen LogP contribution is -2.31. The lowest BCUT2D eigenvalue weighted by atomic mass is 9.88. The van der Waals surface area contributed by atoms with Crippen molar-refractivity contribution in [3.8, 4) is 0 Å². The predicted molar refractivity (Wildman–Crippen MR) is 77.6 cm³/mol. The summed E-state index contributed by atoms with van der Waals surface area (Å²) in [4.78, 5) is 14.9. The van der Waals surface area contributed by atoms with Gasteiger partial charge in [0.1, 0.15) is 5.82 Å². The third kappa shape index (κ3) is 4.08. The minimum absolute atomic E-state index is 0.00208. The zero-order valence-corrected chi connectivity index (χ0v) is 12.2. The van der Waals surface area contributed by atoms with E-state index < -0.39 is 4.92 Å². The highest BCUT2D eigenvalue weighted by Gasteiger charge is 2.24. The van der Waals surface area contributed by atoms with Crippen molar-refractivity contribution in [3.05, 3.63) is 22.2 Å². The summed E-state index contributed by atoms with van der Waals surface area (Å²) in [6, 6.07) is 3.16. The first kappa shape index (κ1) is 15.2. The van der Waals surface area contributed by atoms with E-state index in [-0.39, 0.29) is 17.1 Å². The monoisotopic (exact) mass is 266 g/mol. The van der Waals surface area contributed by atoms with Crippen LogP contribution in [0.3, 0.4) is 0 Å². The quantitative estimate of drug-likeness (QED) is 0.631. The van der Waals surface area contributed by atoms with Crippen molar-refractivity contribution in [1.82, 2.24) is 4.98 Å². The molecule has 0 aromatic carbocycles. The summed E-state index contributed by atoms with van der Waals surface area (Å²) in [5.74, 6) is 0.947. The molecule has 0 saturated carbocycles. The summed E-state index contributed by atoms with van der Waals surface area (Å²) in [5.41, 5.74) is -0.0123. The van der Waals surface area contributed by atoms with Gasteiger partial charge in [-0.25, -0.2) is 4.98 Å². The lowest BCUT2D eigenvalue weighted by Gasteiger charge is -2.28. The molecule has 0 aliphatic rings. The van der Waals surface area contributed by atoms with Crippen molar-refractivity contribution in [2.45, 2.75) is 40.7 Å². The van der Waals surface area contributed by atoms with Gasteiger partial charge in [0, 0.05) is 18.7 Å². The Hall–Kier alpha value is -1.85. The van der Waals surface area contributed by atoms with E-state index in [1.165, 1.54) is 6.07 Å². The first-order valence-corrected chi connectivity index (χ1v) is 6.41. The number of hydrogen-bond donors (Lipinski definition) is 2. The van der Waals surface area contributed by atoms with Crippen LogP contribution in [0.4, 0.5) is 17.3 Å². The standard InChI is InChI=1S/C13H22N4O2/c1-6-14-11-8-7-10(17(18)19)12(16-11)15-9(2)13(3,4)5/h7-9H,6H2,1-5H3,(H2,14,15,16). The molecule has 1 atom stereocenters. The fourth-order valence-corrected chi connectivity index (χ4v) is 1.41. The van der Waals surface area contributed by atoms with Crippen molar-refractivity contribution in [1.29, 1.82) is 0 Å². The zero-order valence-electron chi connectivity index (χ0n) is 12.2. The Labute approximate surface area is 113 Å². The van der Waals surface area contributed by atoms with Gasteiger partial charge < -0.3 is 10.6 Å². The molecule has 0 amide bonds. The summed E-state index contributed by atoms with van der Waals surface area (Å²) < 4.78 is 0. The molecule has 0 spiro atoms. The average molecular weight is 266 g/mol. The first-order chi connectivity index (χ1) is 8.75. The molecule has 1 heterocycles. The first-order valence-electron chi connectivity index (χ1n) is 6.41. The molecule has 0 aliphatic carbocycles. The van der Waals surface area contributed by atoms with E-state index in [1.807, 2.05) is 13.8 Å². The number of hydrogen-bond acceptors (Lipinski definition) is 5. The van der Waals surface area contributed by atoms with Gasteiger partial charge >= 0.3 is 5.69 Å². The van der Waals surface area contributed by atoms with Crippen LogP contribution in [0, 0.1) is 15.5 Å². The van der Waals surface area contributed by atoms with Crippen LogP contribution < -0.4 is 10.6 Å². The summed E-state index contributed by atoms with van der Waals surface area (Å²) >= 11 is 0. The lowest BCUT2D eigenvalue weighted by molar-refractivity contribution is -0.384. The summed E-state index contributed by atoms with van der Waals surface area (Å²) in [6.45, 7) is 10.9. The van der Waals surface area contributed by atoms with Crippen molar-refractivity contribution in [3.63, 3.8) is 0 Å². The van der Waals surface area contributed by atoms with E-state index in [0.717, 1.165) is 6.54 Å². The molecule has 0 bridgehead atoms. The number of anilines is 2. The van der Waals surface area contributed by atoms with Gasteiger partial charge in [0.2, 0.25) is 5.82 Å². The van der Waals surface area contributed by atoms with Crippen LogP contribution in [0.1, 0.15) is 34.6 Å². The van der Waals surface area contributed by atoms with E-state index in [0.29, 0.717) is 11.6 Å². The molecule has 0 saturated heterocycles. The maximum atomic E-state index is 11.0. The van der Waals surface area contributed by atoms with Gasteiger partial charge in [-0.2, -0.15) is 0 Å². The van der Waals surface area contributed by atoms with Crippen molar-refractivity contribution in [2.24, 2.45) is 5.41 Å². The van der Waals surface area contributed by atoms with Gasteiger partial charge in [-0.1, -0.05) is 20.8 Å². The molecule has 1 unspecified atom stereocenters. The van der Waals surface area contributed by atoms with Crippen LogP contribution in [0.2, 0.25) is 0 Å². The smallest absolute Gasteiger partial charge is 0.311 e. The normalized spacial score (nSPS) is 12.9. The Morgan fingerprint density at radius 2 is 2.05 bits per heavy atom. The molecule has 1 rings (SSSR count). The van der Waals surface area contributed by atoms with Gasteiger partial charge in [-0.3, -0.25) is 10.1 Å². The second-order valence-electron chi connectivity index (χ2n) is 5.58. The van der Waals surface area contributed by atoms with E-state index in [2.05, 4.69) is 36.4 Å². The minimum Gasteiger partial charge on any atom is -0.370 e. The van der Waals surface area contributed by atoms with Gasteiger partial charge in [0.25, 0.3) is 0 Å². The van der Waals surface area contributed by atoms with Crippen LogP contribution in [0.5, 0.6) is 0 Å². The SMILES string of the molecule is CCNc1ccc([N+](=O)[O-])c(NC(C)C(C)(C)C)n1. The van der Waals surface area contributed by atoms with Gasteiger partial charge in [-0.15, -0.1) is 0 Å². The molecule has 6 nitrogen and oxygen atoms in total. The zero-order chi connectivity index (χ0) is 14.6. The Bertz CT molecular complexity index is 454. The fraction of sp³-hybridized carbons (Fsp3) is 0.615. The number of rotatable bonds is 5. The van der Waals surface area contributed by atoms with Crippen LogP contribution in [0.25, 0.3) is 0 Å². The summed E-state index contributed by atoms with van der Waals surface area (Å²) in [6.07, 6.45) is 0. The molecule has 0 fully saturated rings. The third-order valence-electron chi connectivity index (χ3n) is 3.08. The van der Waals surface area contributed by atoms with Crippen LogP contribution in [-0.4, -0.2) is 22.5 Å². The molecule has 0 aliphatic heterocycles. The fourth-order valence-electron chi connectivity index (χ4n) is 1.41. The Balaban J connectivity index is 3.07. The van der Waals surface area contributed by atoms with Gasteiger partial charge in [0.15, 0.2) is 0 Å². The average Bonchev–Trinajstić information content (AvgIpc) is 2.28. The highest BCUT2D eigenvalue weighted by atomic mass is 16.6. The number of nitro groups is 1. The maximum Gasteiger partial charge on any atom is 0.311 e. The van der Waals surface area contributed by atoms with Crippen LogP contribution in [-0.2, 0) is 0 Å². The van der Waals surface area contributed by atoms with Crippen molar-refractivity contribution >= 4 is 17.3 Å². The predicted octanol–water partition coefficient (Wildman–Crippen LogP) is 3.27. The van der Waals surface area contributed by atoms with Gasteiger partial charge in [-0.05, 0) is 25.3 Å². The van der Waals surface area contributed by atoms with E-state index in [4.69, 9.17) is 0 Å². The molecule has 1 aromatic rings. The minimum atomic E-state index is -0.416. The largest absolute Gasteiger partial charge is 0.370 e. The molecule has 1 aromatic heterocycles. The van der Waals surface area contributed by atoms with E-state index in [1.54, 1.807) is 6.07 Å². The number of aromatic nitrogens is 1. The second kappa shape index (κ2) is 5.86. The van der Waals surface area contributed by atoms with E-state index >= 15 is 0 Å². The molecule has 19 heavy (non-hydrogen) atoms. The number of nitrogens with zero attached hydrogens (tertiary/aromatic N) is 2. The van der Waals surface area contributed by atoms with Gasteiger partial charge in [0.05, 0.1) is 4.92 Å². The number of nitrogens with one attached hydrogen (secondary N) is 2. The second-order valence-corrected chi connectivity index (χ2v) is 5.58. The Morgan fingerprint density at radius 1 is 1.42 bits per heavy atom. The van der Waals surface area contributed by atoms with Crippen LogP contribution >= 0.6 is 0 Å². The third-order valence-corrected chi connectivity index (χ3v) is 3.08. The highest BCUT2D eigenvalue weighted by molar-refractivity contribution is 5.60. The van der Waals surface area contributed by atoms with E-state index in [9.17, 15) is 10.1 Å². The summed E-state index contributed by atoms with van der Waals surface area (Å²) in [7, 11) is 0. The molecule has 106 valence electrons. The Kier molecular flexibility index (Phi) is 4.69. The summed E-state index contributed by atoms with van der Waals surface area (Å²) in [5, 5.41) is 17.2. The Morgan fingerprint density at radius 3 is 2.53 bits per heavy atom. The number of pyridine rings is 1. The molecule has 6 heteroatoms.